The molecular weight excluding hydrogens is 300 g/mol. The molecule has 0 saturated carbocycles. The summed E-state index contributed by atoms with van der Waals surface area (Å²) in [5.74, 6) is -1.13. The van der Waals surface area contributed by atoms with Crippen molar-refractivity contribution in [3.63, 3.8) is 0 Å². The first-order valence-electron chi connectivity index (χ1n) is 7.56. The van der Waals surface area contributed by atoms with Gasteiger partial charge < -0.3 is 19.7 Å². The maximum absolute atomic E-state index is 12.1. The summed E-state index contributed by atoms with van der Waals surface area (Å²) in [6, 6.07) is 6.75. The highest BCUT2D eigenvalue weighted by Gasteiger charge is 2.33. The molecule has 124 valence electrons. The largest absolute Gasteiger partial charge is 0.494 e. The third kappa shape index (κ3) is 4.21. The molecule has 1 N–H and O–H groups in total. The smallest absolute Gasteiger partial charge is 0.396 e. The molecule has 23 heavy (non-hydrogen) atoms. The van der Waals surface area contributed by atoms with Crippen molar-refractivity contribution in [3.05, 3.63) is 24.3 Å². The lowest BCUT2D eigenvalue weighted by molar-refractivity contribution is -0.154. The van der Waals surface area contributed by atoms with Crippen molar-refractivity contribution >= 4 is 23.5 Å². The Morgan fingerprint density at radius 1 is 1.22 bits per heavy atom. The van der Waals surface area contributed by atoms with Crippen LogP contribution in [0.1, 0.15) is 20.3 Å². The van der Waals surface area contributed by atoms with Crippen LogP contribution >= 0.6 is 0 Å². The third-order valence-corrected chi connectivity index (χ3v) is 3.38. The molecule has 1 atom stereocenters. The van der Waals surface area contributed by atoms with E-state index < -0.39 is 17.9 Å². The van der Waals surface area contributed by atoms with Gasteiger partial charge in [-0.05, 0) is 38.1 Å². The van der Waals surface area contributed by atoms with E-state index in [4.69, 9.17) is 4.74 Å². The van der Waals surface area contributed by atoms with Crippen molar-refractivity contribution < 1.29 is 23.9 Å². The Hall–Kier alpha value is -2.57. The zero-order chi connectivity index (χ0) is 16.8. The van der Waals surface area contributed by atoms with Crippen molar-refractivity contribution in [3.8, 4) is 5.75 Å². The summed E-state index contributed by atoms with van der Waals surface area (Å²) in [4.78, 5) is 36.6. The average Bonchev–Trinajstić information content (AvgIpc) is 2.89. The minimum Gasteiger partial charge on any atom is -0.494 e. The van der Waals surface area contributed by atoms with Gasteiger partial charge in [-0.3, -0.25) is 9.59 Å². The Balaban J connectivity index is 1.96. The van der Waals surface area contributed by atoms with Gasteiger partial charge in [-0.2, -0.15) is 0 Å². The molecule has 0 bridgehead atoms. The zero-order valence-electron chi connectivity index (χ0n) is 13.2. The number of rotatable bonds is 5. The summed E-state index contributed by atoms with van der Waals surface area (Å²) in [5, 5.41) is 2.52. The SMILES string of the molecule is CCOC(=O)C(=O)N[C@H]1CC(=O)N(c2ccc(OCC)cc2)C1. The lowest BCUT2D eigenvalue weighted by Crippen LogP contribution is -2.41. The number of hydrogen-bond donors (Lipinski definition) is 1. The molecular formula is C16H20N2O5. The number of hydrogen-bond acceptors (Lipinski definition) is 5. The first kappa shape index (κ1) is 16.8. The third-order valence-electron chi connectivity index (χ3n) is 3.38. The van der Waals surface area contributed by atoms with Crippen LogP contribution < -0.4 is 15.0 Å². The molecule has 1 aliphatic heterocycles. The highest BCUT2D eigenvalue weighted by molar-refractivity contribution is 6.32. The Kier molecular flexibility index (Phi) is 5.56. The van der Waals surface area contributed by atoms with E-state index in [-0.39, 0.29) is 18.9 Å². The van der Waals surface area contributed by atoms with Crippen molar-refractivity contribution in [2.45, 2.75) is 26.3 Å². The predicted octanol–water partition coefficient (Wildman–Crippen LogP) is 0.870. The fraction of sp³-hybridized carbons (Fsp3) is 0.438. The van der Waals surface area contributed by atoms with Crippen molar-refractivity contribution in [1.29, 1.82) is 0 Å². The van der Waals surface area contributed by atoms with Gasteiger partial charge in [0.15, 0.2) is 0 Å². The summed E-state index contributed by atoms with van der Waals surface area (Å²) in [5.41, 5.74) is 0.728. The Bertz CT molecular complexity index is 585. The molecule has 0 spiro atoms. The number of carbonyl (C=O) groups excluding carboxylic acids is 3. The first-order valence-corrected chi connectivity index (χ1v) is 7.56. The van der Waals surface area contributed by atoms with Gasteiger partial charge in [0.2, 0.25) is 5.91 Å². The summed E-state index contributed by atoms with van der Waals surface area (Å²) < 4.78 is 9.99. The predicted molar refractivity (Wildman–Crippen MR) is 83.1 cm³/mol. The molecule has 1 aliphatic rings. The molecule has 1 saturated heterocycles. The first-order chi connectivity index (χ1) is 11.0. The lowest BCUT2D eigenvalue weighted by atomic mass is 10.2. The van der Waals surface area contributed by atoms with Crippen LogP contribution in [0.2, 0.25) is 0 Å². The molecule has 2 amide bonds. The summed E-state index contributed by atoms with van der Waals surface area (Å²) in [7, 11) is 0. The summed E-state index contributed by atoms with van der Waals surface area (Å²) in [6.07, 6.45) is 0.151. The molecule has 0 aliphatic carbocycles. The number of esters is 1. The monoisotopic (exact) mass is 320 g/mol. The van der Waals surface area contributed by atoms with E-state index in [1.165, 1.54) is 0 Å². The number of benzene rings is 1. The molecule has 1 heterocycles. The van der Waals surface area contributed by atoms with Crippen LogP contribution in [-0.4, -0.2) is 43.6 Å². The number of ether oxygens (including phenoxy) is 2. The molecule has 0 aromatic heterocycles. The number of nitrogens with one attached hydrogen (secondary N) is 1. The molecule has 0 unspecified atom stereocenters. The summed E-state index contributed by atoms with van der Waals surface area (Å²) in [6.45, 7) is 4.54. The van der Waals surface area contributed by atoms with Crippen molar-refractivity contribution in [2.75, 3.05) is 24.7 Å². The van der Waals surface area contributed by atoms with E-state index in [1.54, 1.807) is 36.1 Å². The van der Waals surface area contributed by atoms with Gasteiger partial charge in [-0.15, -0.1) is 0 Å². The molecule has 7 nitrogen and oxygen atoms in total. The van der Waals surface area contributed by atoms with E-state index in [0.29, 0.717) is 13.2 Å². The van der Waals surface area contributed by atoms with Crippen LogP contribution in [0.25, 0.3) is 0 Å². The second kappa shape index (κ2) is 7.62. The highest BCUT2D eigenvalue weighted by Crippen LogP contribution is 2.24. The quantitative estimate of drug-likeness (QED) is 0.643. The van der Waals surface area contributed by atoms with Gasteiger partial charge in [-0.25, -0.2) is 4.79 Å². The van der Waals surface area contributed by atoms with Gasteiger partial charge in [0.25, 0.3) is 0 Å². The van der Waals surface area contributed by atoms with Crippen LogP contribution in [-0.2, 0) is 19.1 Å². The van der Waals surface area contributed by atoms with E-state index in [2.05, 4.69) is 10.1 Å². The number of anilines is 1. The minimum atomic E-state index is -0.931. The number of carbonyl (C=O) groups is 3. The average molecular weight is 320 g/mol. The maximum atomic E-state index is 12.1. The van der Waals surface area contributed by atoms with Gasteiger partial charge >= 0.3 is 11.9 Å². The van der Waals surface area contributed by atoms with Gasteiger partial charge in [-0.1, -0.05) is 0 Å². The van der Waals surface area contributed by atoms with Gasteiger partial charge in [0.05, 0.1) is 19.3 Å². The molecule has 1 aromatic carbocycles. The minimum absolute atomic E-state index is 0.108. The van der Waals surface area contributed by atoms with Crippen LogP contribution in [0.3, 0.4) is 0 Å². The number of nitrogens with zero attached hydrogens (tertiary/aromatic N) is 1. The number of amides is 2. The van der Waals surface area contributed by atoms with Crippen molar-refractivity contribution in [1.82, 2.24) is 5.32 Å². The Labute approximate surface area is 134 Å². The van der Waals surface area contributed by atoms with Gasteiger partial charge in [0.1, 0.15) is 5.75 Å². The van der Waals surface area contributed by atoms with Gasteiger partial charge in [0, 0.05) is 18.7 Å². The van der Waals surface area contributed by atoms with E-state index in [0.717, 1.165) is 11.4 Å². The van der Waals surface area contributed by atoms with Crippen LogP contribution in [0, 0.1) is 0 Å². The Morgan fingerprint density at radius 2 is 1.91 bits per heavy atom. The topological polar surface area (TPSA) is 84.9 Å². The molecule has 7 heteroatoms. The second-order valence-corrected chi connectivity index (χ2v) is 5.03. The molecule has 2 rings (SSSR count). The second-order valence-electron chi connectivity index (χ2n) is 5.03. The maximum Gasteiger partial charge on any atom is 0.396 e. The van der Waals surface area contributed by atoms with Crippen molar-refractivity contribution in [2.24, 2.45) is 0 Å². The normalized spacial score (nSPS) is 17.0. The van der Waals surface area contributed by atoms with Crippen LogP contribution in [0.5, 0.6) is 5.75 Å². The van der Waals surface area contributed by atoms with E-state index in [1.807, 2.05) is 6.92 Å². The lowest BCUT2D eigenvalue weighted by Gasteiger charge is -2.17. The fourth-order valence-corrected chi connectivity index (χ4v) is 2.38. The summed E-state index contributed by atoms with van der Waals surface area (Å²) >= 11 is 0. The van der Waals surface area contributed by atoms with E-state index in [9.17, 15) is 14.4 Å². The Morgan fingerprint density at radius 3 is 2.52 bits per heavy atom. The highest BCUT2D eigenvalue weighted by atomic mass is 16.5. The van der Waals surface area contributed by atoms with Crippen LogP contribution in [0.15, 0.2) is 24.3 Å². The molecule has 1 aromatic rings. The molecule has 0 radical (unpaired) electrons. The fourth-order valence-electron chi connectivity index (χ4n) is 2.38. The standard InChI is InChI=1S/C16H20N2O5/c1-3-22-13-7-5-12(6-8-13)18-10-11(9-14(18)19)17-15(20)16(21)23-4-2/h5-8,11H,3-4,9-10H2,1-2H3,(H,17,20)/t11-/m0/s1. The van der Waals surface area contributed by atoms with Crippen LogP contribution in [0.4, 0.5) is 5.69 Å². The van der Waals surface area contributed by atoms with E-state index >= 15 is 0 Å². The zero-order valence-corrected chi connectivity index (χ0v) is 13.2. The molecule has 1 fully saturated rings.